The first-order chi connectivity index (χ1) is 13.5. The number of amides is 1. The first-order valence-corrected chi connectivity index (χ1v) is 10.2. The average molecular weight is 401 g/mol. The van der Waals surface area contributed by atoms with Crippen LogP contribution in [0.15, 0.2) is 30.5 Å². The van der Waals surface area contributed by atoms with Crippen molar-refractivity contribution >= 4 is 29.0 Å². The lowest BCUT2D eigenvalue weighted by Gasteiger charge is -2.36. The van der Waals surface area contributed by atoms with E-state index in [4.69, 9.17) is 21.3 Å². The van der Waals surface area contributed by atoms with Gasteiger partial charge in [-0.15, -0.1) is 0 Å². The van der Waals surface area contributed by atoms with Crippen molar-refractivity contribution < 1.29 is 9.53 Å². The molecule has 2 aliphatic rings. The van der Waals surface area contributed by atoms with Crippen molar-refractivity contribution in [1.29, 1.82) is 0 Å². The molecule has 1 saturated carbocycles. The Bertz CT molecular complexity index is 852. The Labute approximate surface area is 170 Å². The van der Waals surface area contributed by atoms with E-state index in [1.165, 1.54) is 0 Å². The van der Waals surface area contributed by atoms with Gasteiger partial charge in [-0.2, -0.15) is 0 Å². The number of aromatic nitrogens is 2. The van der Waals surface area contributed by atoms with Crippen LogP contribution in [0.25, 0.3) is 0 Å². The predicted octanol–water partition coefficient (Wildman–Crippen LogP) is 3.58. The summed E-state index contributed by atoms with van der Waals surface area (Å²) in [6.07, 6.45) is 4.93. The minimum Gasteiger partial charge on any atom is -0.493 e. The molecule has 0 unspecified atom stereocenters. The Morgan fingerprint density at radius 1 is 1.21 bits per heavy atom. The normalized spacial score (nSPS) is 21.3. The van der Waals surface area contributed by atoms with Crippen molar-refractivity contribution in [2.45, 2.75) is 26.2 Å². The maximum absolute atomic E-state index is 12.1. The summed E-state index contributed by atoms with van der Waals surface area (Å²) in [5.74, 6) is 3.84. The largest absolute Gasteiger partial charge is 0.493 e. The summed E-state index contributed by atoms with van der Waals surface area (Å²) in [6.45, 7) is 3.71. The summed E-state index contributed by atoms with van der Waals surface area (Å²) in [7, 11) is 1.91. The van der Waals surface area contributed by atoms with Crippen molar-refractivity contribution in [3.05, 3.63) is 41.3 Å². The van der Waals surface area contributed by atoms with E-state index in [1.807, 2.05) is 43.1 Å². The lowest BCUT2D eigenvalue weighted by Crippen LogP contribution is -2.45. The summed E-state index contributed by atoms with van der Waals surface area (Å²) < 4.78 is 5.85. The maximum Gasteiger partial charge on any atom is 0.246 e. The predicted molar refractivity (Wildman–Crippen MR) is 110 cm³/mol. The molecule has 148 valence electrons. The number of anilines is 2. The number of ether oxygens (including phenoxy) is 1. The molecule has 1 aliphatic carbocycles. The smallest absolute Gasteiger partial charge is 0.246 e. The molecule has 4 rings (SSSR count). The van der Waals surface area contributed by atoms with Gasteiger partial charge in [0, 0.05) is 25.0 Å². The van der Waals surface area contributed by atoms with Crippen molar-refractivity contribution in [2.75, 3.05) is 36.5 Å². The Morgan fingerprint density at radius 2 is 1.96 bits per heavy atom. The fourth-order valence-electron chi connectivity index (χ4n) is 4.00. The summed E-state index contributed by atoms with van der Waals surface area (Å²) in [5, 5.41) is 0.721. The molecule has 1 aromatic heterocycles. The van der Waals surface area contributed by atoms with Crippen LogP contribution in [-0.2, 0) is 11.2 Å². The Hall–Kier alpha value is -2.34. The van der Waals surface area contributed by atoms with Crippen molar-refractivity contribution in [1.82, 2.24) is 9.97 Å². The third-order valence-electron chi connectivity index (χ3n) is 5.55. The number of carbonyl (C=O) groups is 1. The summed E-state index contributed by atoms with van der Waals surface area (Å²) in [5.41, 5.74) is 0.813. The van der Waals surface area contributed by atoms with Gasteiger partial charge in [0.2, 0.25) is 5.91 Å². The topological polar surface area (TPSA) is 58.6 Å². The monoisotopic (exact) mass is 400 g/mol. The fraction of sp³-hybridized carbons (Fsp3) is 0.476. The standard InChI is InChI=1S/C21H25ClN4O2/c1-3-26-18-11-23-19(24-21(18)25(2)12-20(26)27)10-14-8-15(9-14)13-28-17-6-4-16(22)5-7-17/h4-7,11,14-15H,3,8-10,12-13H2,1-2H3. The van der Waals surface area contributed by atoms with Crippen molar-refractivity contribution in [3.63, 3.8) is 0 Å². The third-order valence-corrected chi connectivity index (χ3v) is 5.80. The summed E-state index contributed by atoms with van der Waals surface area (Å²) >= 11 is 5.90. The number of hydrogen-bond donors (Lipinski definition) is 0. The number of hydrogen-bond acceptors (Lipinski definition) is 5. The van der Waals surface area contributed by atoms with Crippen LogP contribution < -0.4 is 14.5 Å². The minimum absolute atomic E-state index is 0.0939. The second-order valence-electron chi connectivity index (χ2n) is 7.66. The lowest BCUT2D eigenvalue weighted by atomic mass is 9.73. The van der Waals surface area contributed by atoms with Crippen LogP contribution in [0.2, 0.25) is 5.02 Å². The molecule has 2 heterocycles. The number of rotatable bonds is 6. The van der Waals surface area contributed by atoms with Gasteiger partial charge >= 0.3 is 0 Å². The summed E-state index contributed by atoms with van der Waals surface area (Å²) in [6, 6.07) is 7.50. The van der Waals surface area contributed by atoms with Gasteiger partial charge in [-0.1, -0.05) is 11.6 Å². The molecule has 0 bridgehead atoms. The van der Waals surface area contributed by atoms with E-state index in [0.717, 1.165) is 54.0 Å². The van der Waals surface area contributed by atoms with Crippen LogP contribution in [-0.4, -0.2) is 42.6 Å². The van der Waals surface area contributed by atoms with Gasteiger partial charge in [0.05, 0.1) is 19.3 Å². The molecule has 6 nitrogen and oxygen atoms in total. The molecule has 7 heteroatoms. The SMILES string of the molecule is CCN1C(=O)CN(C)c2nc(CC3CC(COc4ccc(Cl)cc4)C3)ncc21. The van der Waals surface area contributed by atoms with Crippen LogP contribution in [0, 0.1) is 11.8 Å². The average Bonchev–Trinajstić information content (AvgIpc) is 2.65. The van der Waals surface area contributed by atoms with Gasteiger partial charge < -0.3 is 14.5 Å². The highest BCUT2D eigenvalue weighted by molar-refractivity contribution is 6.30. The van der Waals surface area contributed by atoms with Gasteiger partial charge in [-0.25, -0.2) is 9.97 Å². The van der Waals surface area contributed by atoms with E-state index in [9.17, 15) is 4.79 Å². The highest BCUT2D eigenvalue weighted by Crippen LogP contribution is 2.37. The first-order valence-electron chi connectivity index (χ1n) is 9.79. The zero-order chi connectivity index (χ0) is 19.7. The van der Waals surface area contributed by atoms with Gasteiger partial charge in [-0.05, 0) is 55.9 Å². The molecule has 2 aromatic rings. The molecule has 28 heavy (non-hydrogen) atoms. The number of carbonyl (C=O) groups excluding carboxylic acids is 1. The van der Waals surface area contributed by atoms with E-state index in [-0.39, 0.29) is 5.91 Å². The van der Waals surface area contributed by atoms with Crippen LogP contribution in [0.5, 0.6) is 5.75 Å². The maximum atomic E-state index is 12.1. The molecule has 0 spiro atoms. The second-order valence-corrected chi connectivity index (χ2v) is 8.10. The highest BCUT2D eigenvalue weighted by atomic mass is 35.5. The van der Waals surface area contributed by atoms with Crippen LogP contribution in [0.1, 0.15) is 25.6 Å². The van der Waals surface area contributed by atoms with Crippen LogP contribution >= 0.6 is 11.6 Å². The number of nitrogens with zero attached hydrogens (tertiary/aromatic N) is 4. The molecular formula is C21H25ClN4O2. The van der Waals surface area contributed by atoms with E-state index in [2.05, 4.69) is 4.98 Å². The van der Waals surface area contributed by atoms with E-state index in [0.29, 0.717) is 24.9 Å². The van der Waals surface area contributed by atoms with Crippen molar-refractivity contribution in [3.8, 4) is 5.75 Å². The molecule has 0 N–H and O–H groups in total. The van der Waals surface area contributed by atoms with E-state index < -0.39 is 0 Å². The Kier molecular flexibility index (Phi) is 5.40. The molecule has 0 radical (unpaired) electrons. The van der Waals surface area contributed by atoms with E-state index in [1.54, 1.807) is 11.1 Å². The molecule has 0 atom stereocenters. The van der Waals surface area contributed by atoms with E-state index >= 15 is 0 Å². The van der Waals surface area contributed by atoms with Crippen LogP contribution in [0.4, 0.5) is 11.5 Å². The molecule has 1 aromatic carbocycles. The number of halogens is 1. The molecular weight excluding hydrogens is 376 g/mol. The van der Waals surface area contributed by atoms with Crippen LogP contribution in [0.3, 0.4) is 0 Å². The quantitative estimate of drug-likeness (QED) is 0.741. The zero-order valence-electron chi connectivity index (χ0n) is 16.3. The minimum atomic E-state index is 0.0939. The zero-order valence-corrected chi connectivity index (χ0v) is 17.0. The van der Waals surface area contributed by atoms with Crippen molar-refractivity contribution in [2.24, 2.45) is 11.8 Å². The number of benzene rings is 1. The van der Waals surface area contributed by atoms with Gasteiger partial charge in [0.1, 0.15) is 17.3 Å². The Morgan fingerprint density at radius 3 is 2.68 bits per heavy atom. The summed E-state index contributed by atoms with van der Waals surface area (Å²) in [4.78, 5) is 25.1. The molecule has 1 amide bonds. The molecule has 0 saturated heterocycles. The highest BCUT2D eigenvalue weighted by Gasteiger charge is 2.32. The third kappa shape index (κ3) is 3.92. The van der Waals surface area contributed by atoms with Gasteiger partial charge in [0.15, 0.2) is 5.82 Å². The Balaban J connectivity index is 1.31. The molecule has 1 fully saturated rings. The lowest BCUT2D eigenvalue weighted by molar-refractivity contribution is -0.117. The van der Waals surface area contributed by atoms with Gasteiger partial charge in [-0.3, -0.25) is 4.79 Å². The molecule has 1 aliphatic heterocycles. The number of fused-ring (bicyclic) bond motifs is 1. The first kappa shape index (κ1) is 19.0. The second kappa shape index (κ2) is 7.95. The number of likely N-dealkylation sites (N-methyl/N-ethyl adjacent to an activating group) is 2. The van der Waals surface area contributed by atoms with Gasteiger partial charge in [0.25, 0.3) is 0 Å². The fourth-order valence-corrected chi connectivity index (χ4v) is 4.12.